The summed E-state index contributed by atoms with van der Waals surface area (Å²) < 4.78 is 5.38. The zero-order chi connectivity index (χ0) is 9.68. The molecule has 0 fully saturated rings. The molecule has 2 heteroatoms. The molecular formula is C11H14O2. The average molecular weight is 178 g/mol. The maximum absolute atomic E-state index is 9.13. The number of phenolic OH excluding ortho intramolecular Hbond substituents is 1. The van der Waals surface area contributed by atoms with Gasteiger partial charge in [-0.25, -0.2) is 0 Å². The first-order valence-electron chi connectivity index (χ1n) is 4.31. The summed E-state index contributed by atoms with van der Waals surface area (Å²) in [7, 11) is 0. The first-order valence-corrected chi connectivity index (χ1v) is 4.31. The fourth-order valence-corrected chi connectivity index (χ4v) is 0.861. The van der Waals surface area contributed by atoms with Crippen LogP contribution in [-0.2, 0) is 0 Å². The maximum Gasteiger partial charge on any atom is 0.123 e. The number of hydrogen-bond acceptors (Lipinski definition) is 2. The number of ether oxygens (including phenoxy) is 1. The van der Waals surface area contributed by atoms with E-state index in [-0.39, 0.29) is 5.75 Å². The Morgan fingerprint density at radius 3 is 2.92 bits per heavy atom. The largest absolute Gasteiger partial charge is 0.508 e. The van der Waals surface area contributed by atoms with E-state index < -0.39 is 0 Å². The Kier molecular flexibility index (Phi) is 3.38. The third-order valence-electron chi connectivity index (χ3n) is 1.76. The SMILES string of the molecule is C=C(CC)COc1cccc(O)c1. The van der Waals surface area contributed by atoms with Gasteiger partial charge in [0.2, 0.25) is 0 Å². The average Bonchev–Trinajstić information content (AvgIpc) is 2.14. The summed E-state index contributed by atoms with van der Waals surface area (Å²) in [6, 6.07) is 6.76. The highest BCUT2D eigenvalue weighted by Crippen LogP contribution is 2.18. The lowest BCUT2D eigenvalue weighted by Gasteiger charge is -2.06. The van der Waals surface area contributed by atoms with Gasteiger partial charge in [-0.2, -0.15) is 0 Å². The standard InChI is InChI=1S/C11H14O2/c1-3-9(2)8-13-11-6-4-5-10(12)7-11/h4-7,12H,2-3,8H2,1H3. The molecule has 0 aliphatic heterocycles. The molecule has 0 saturated heterocycles. The number of phenols is 1. The lowest BCUT2D eigenvalue weighted by Crippen LogP contribution is -1.98. The third-order valence-corrected chi connectivity index (χ3v) is 1.76. The topological polar surface area (TPSA) is 29.5 Å². The number of hydrogen-bond donors (Lipinski definition) is 1. The summed E-state index contributed by atoms with van der Waals surface area (Å²) in [5.74, 6) is 0.897. The summed E-state index contributed by atoms with van der Waals surface area (Å²) in [5.41, 5.74) is 1.04. The molecule has 0 bridgehead atoms. The lowest BCUT2D eigenvalue weighted by atomic mass is 10.2. The minimum absolute atomic E-state index is 0.222. The van der Waals surface area contributed by atoms with Crippen molar-refractivity contribution in [1.29, 1.82) is 0 Å². The van der Waals surface area contributed by atoms with Gasteiger partial charge in [-0.15, -0.1) is 0 Å². The molecule has 1 aromatic carbocycles. The van der Waals surface area contributed by atoms with E-state index >= 15 is 0 Å². The van der Waals surface area contributed by atoms with Gasteiger partial charge in [0.05, 0.1) is 0 Å². The molecule has 0 aliphatic rings. The van der Waals surface area contributed by atoms with E-state index in [0.29, 0.717) is 12.4 Å². The molecule has 0 amide bonds. The quantitative estimate of drug-likeness (QED) is 0.718. The molecular weight excluding hydrogens is 164 g/mol. The smallest absolute Gasteiger partial charge is 0.123 e. The molecule has 2 nitrogen and oxygen atoms in total. The summed E-state index contributed by atoms with van der Waals surface area (Å²) in [6.07, 6.45) is 0.915. The van der Waals surface area contributed by atoms with Crippen LogP contribution in [0.3, 0.4) is 0 Å². The van der Waals surface area contributed by atoms with Gasteiger partial charge in [0.25, 0.3) is 0 Å². The predicted octanol–water partition coefficient (Wildman–Crippen LogP) is 2.74. The number of aromatic hydroxyl groups is 1. The molecule has 0 saturated carbocycles. The van der Waals surface area contributed by atoms with Crippen LogP contribution in [0.1, 0.15) is 13.3 Å². The van der Waals surface area contributed by atoms with Crippen LogP contribution in [0.4, 0.5) is 0 Å². The van der Waals surface area contributed by atoms with Crippen LogP contribution in [-0.4, -0.2) is 11.7 Å². The molecule has 0 spiro atoms. The molecule has 1 N–H and O–H groups in total. The maximum atomic E-state index is 9.13. The number of rotatable bonds is 4. The molecule has 13 heavy (non-hydrogen) atoms. The monoisotopic (exact) mass is 178 g/mol. The van der Waals surface area contributed by atoms with Crippen LogP contribution in [0.5, 0.6) is 11.5 Å². The molecule has 70 valence electrons. The Balaban J connectivity index is 2.50. The summed E-state index contributed by atoms with van der Waals surface area (Å²) in [4.78, 5) is 0. The first kappa shape index (κ1) is 9.65. The van der Waals surface area contributed by atoms with E-state index in [2.05, 4.69) is 6.58 Å². The Bertz CT molecular complexity index is 292. The summed E-state index contributed by atoms with van der Waals surface area (Å²) >= 11 is 0. The highest BCUT2D eigenvalue weighted by Gasteiger charge is 1.95. The van der Waals surface area contributed by atoms with Gasteiger partial charge < -0.3 is 9.84 Å². The minimum atomic E-state index is 0.222. The normalized spacial score (nSPS) is 9.62. The van der Waals surface area contributed by atoms with Gasteiger partial charge in [-0.05, 0) is 24.1 Å². The molecule has 0 aromatic heterocycles. The van der Waals surface area contributed by atoms with E-state index in [1.165, 1.54) is 0 Å². The second-order valence-electron chi connectivity index (χ2n) is 2.89. The van der Waals surface area contributed by atoms with Crippen molar-refractivity contribution < 1.29 is 9.84 Å². The van der Waals surface area contributed by atoms with E-state index in [9.17, 15) is 0 Å². The zero-order valence-electron chi connectivity index (χ0n) is 7.79. The fourth-order valence-electron chi connectivity index (χ4n) is 0.861. The van der Waals surface area contributed by atoms with Gasteiger partial charge in [0.1, 0.15) is 18.1 Å². The van der Waals surface area contributed by atoms with E-state index in [1.807, 2.05) is 13.0 Å². The second-order valence-corrected chi connectivity index (χ2v) is 2.89. The summed E-state index contributed by atoms with van der Waals surface area (Å²) in [6.45, 7) is 6.37. The van der Waals surface area contributed by atoms with Crippen molar-refractivity contribution in [2.24, 2.45) is 0 Å². The van der Waals surface area contributed by atoms with Crippen molar-refractivity contribution in [1.82, 2.24) is 0 Å². The molecule has 0 aliphatic carbocycles. The van der Waals surface area contributed by atoms with Crippen LogP contribution in [0, 0.1) is 0 Å². The highest BCUT2D eigenvalue weighted by atomic mass is 16.5. The Morgan fingerprint density at radius 1 is 1.54 bits per heavy atom. The molecule has 1 aromatic rings. The fraction of sp³-hybridized carbons (Fsp3) is 0.273. The van der Waals surface area contributed by atoms with Crippen LogP contribution in [0.2, 0.25) is 0 Å². The van der Waals surface area contributed by atoms with Crippen LogP contribution >= 0.6 is 0 Å². The van der Waals surface area contributed by atoms with E-state index in [4.69, 9.17) is 9.84 Å². The molecule has 0 radical (unpaired) electrons. The molecule has 0 heterocycles. The second kappa shape index (κ2) is 4.55. The number of benzene rings is 1. The first-order chi connectivity index (χ1) is 6.22. The van der Waals surface area contributed by atoms with Crippen molar-refractivity contribution in [3.63, 3.8) is 0 Å². The van der Waals surface area contributed by atoms with Crippen molar-refractivity contribution >= 4 is 0 Å². The highest BCUT2D eigenvalue weighted by molar-refractivity contribution is 5.31. The van der Waals surface area contributed by atoms with E-state index in [1.54, 1.807) is 18.2 Å². The van der Waals surface area contributed by atoms with Gasteiger partial charge in [-0.1, -0.05) is 19.6 Å². The molecule has 0 atom stereocenters. The molecule has 0 unspecified atom stereocenters. The third kappa shape index (κ3) is 3.20. The summed E-state index contributed by atoms with van der Waals surface area (Å²) in [5, 5.41) is 9.13. The predicted molar refractivity (Wildman–Crippen MR) is 53.0 cm³/mol. The van der Waals surface area contributed by atoms with Gasteiger partial charge in [0.15, 0.2) is 0 Å². The van der Waals surface area contributed by atoms with Crippen molar-refractivity contribution in [3.8, 4) is 11.5 Å². The van der Waals surface area contributed by atoms with Crippen LogP contribution < -0.4 is 4.74 Å². The Hall–Kier alpha value is -1.44. The van der Waals surface area contributed by atoms with Crippen molar-refractivity contribution in [2.45, 2.75) is 13.3 Å². The van der Waals surface area contributed by atoms with Gasteiger partial charge in [0, 0.05) is 6.07 Å². The van der Waals surface area contributed by atoms with Crippen LogP contribution in [0.15, 0.2) is 36.4 Å². The van der Waals surface area contributed by atoms with Crippen molar-refractivity contribution in [3.05, 3.63) is 36.4 Å². The Labute approximate surface area is 78.5 Å². The van der Waals surface area contributed by atoms with Gasteiger partial charge in [-0.3, -0.25) is 0 Å². The van der Waals surface area contributed by atoms with Crippen molar-refractivity contribution in [2.75, 3.05) is 6.61 Å². The van der Waals surface area contributed by atoms with Crippen LogP contribution in [0.25, 0.3) is 0 Å². The lowest BCUT2D eigenvalue weighted by molar-refractivity contribution is 0.346. The Morgan fingerprint density at radius 2 is 2.31 bits per heavy atom. The van der Waals surface area contributed by atoms with E-state index in [0.717, 1.165) is 12.0 Å². The zero-order valence-corrected chi connectivity index (χ0v) is 7.79. The van der Waals surface area contributed by atoms with Gasteiger partial charge >= 0.3 is 0 Å². The minimum Gasteiger partial charge on any atom is -0.508 e. The molecule has 1 rings (SSSR count).